The van der Waals surface area contributed by atoms with Gasteiger partial charge in [0.1, 0.15) is 0 Å². The third-order valence-electron chi connectivity index (χ3n) is 22.7. The SMILES string of the molecule is FC(F)(F)c1cc(P(c2cc(C(F)(F)F)cc(C(F)(F)F)c2)[C]23[CH]4[CH]5[CH]6[CH]2[Fe]56432789[CH]3[CH]2[CH]7[C]8(P(c2cc(C(F)(F)F)cc(C(F)(F)F)c2)c2cc(C(F)(F)F)cc(C(F)(F)F)c2)[CH]39)cc(C(F)(F)F)c1. The molecule has 4 aromatic rings. The van der Waals surface area contributed by atoms with Crippen molar-refractivity contribution in [2.24, 2.45) is 0 Å². The van der Waals surface area contributed by atoms with E-state index >= 15 is 0 Å². The van der Waals surface area contributed by atoms with Crippen molar-refractivity contribution in [3.05, 3.63) is 117 Å². The number of benzene rings is 4. The Hall–Kier alpha value is -3.42. The second-order valence-corrected chi connectivity index (χ2v) is 50.3. The summed E-state index contributed by atoms with van der Waals surface area (Å²) < 4.78 is 347. The van der Waals surface area contributed by atoms with Crippen molar-refractivity contribution in [1.29, 1.82) is 0 Å². The summed E-state index contributed by atoms with van der Waals surface area (Å²) in [6, 6.07) is -0.153. The predicted molar refractivity (Wildman–Crippen MR) is 194 cm³/mol. The van der Waals surface area contributed by atoms with Gasteiger partial charge in [0.25, 0.3) is 0 Å². The van der Waals surface area contributed by atoms with E-state index in [1.807, 2.05) is 0 Å². The van der Waals surface area contributed by atoms with Crippen LogP contribution in [0.25, 0.3) is 0 Å². The molecule has 10 saturated heterocycles. The molecule has 14 rings (SSSR count). The van der Waals surface area contributed by atoms with Crippen LogP contribution in [0.3, 0.4) is 0 Å². The van der Waals surface area contributed by atoms with Gasteiger partial charge in [-0.15, -0.1) is 0 Å². The Morgan fingerprint density at radius 1 is 0.261 bits per heavy atom. The molecule has 27 heteroatoms. The molecule has 374 valence electrons. The van der Waals surface area contributed by atoms with Crippen molar-refractivity contribution in [1.82, 2.24) is 0 Å². The first kappa shape index (κ1) is 44.3. The zero-order chi connectivity index (χ0) is 50.5. The summed E-state index contributed by atoms with van der Waals surface area (Å²) in [6.07, 6.45) is -45.2. The molecule has 0 radical (unpaired) electrons. The van der Waals surface area contributed by atoms with Gasteiger partial charge in [-0.3, -0.25) is 0 Å². The summed E-state index contributed by atoms with van der Waals surface area (Å²) >= 11 is 0. The molecule has 10 fully saturated rings. The second kappa shape index (κ2) is 8.09. The molecule has 10 aliphatic heterocycles. The Morgan fingerprint density at radius 2 is 0.406 bits per heavy atom. The summed E-state index contributed by atoms with van der Waals surface area (Å²) in [4.78, 5) is -6.16. The molecule has 10 heterocycles. The average molecular weight is 1100 g/mol. The molecule has 0 aromatic heterocycles. The van der Waals surface area contributed by atoms with E-state index in [2.05, 4.69) is 0 Å². The Labute approximate surface area is 361 Å². The first-order valence-corrected chi connectivity index (χ1v) is 28.8. The van der Waals surface area contributed by atoms with Crippen LogP contribution in [-0.2, 0) is 55.9 Å². The van der Waals surface area contributed by atoms with Gasteiger partial charge in [0.05, 0.1) is 0 Å². The zero-order valence-corrected chi connectivity index (χ0v) is 35.8. The number of fused-ring (bicyclic) bond motifs is 10. The third-order valence-corrected chi connectivity index (χ3v) is 79.2. The first-order valence-electron chi connectivity index (χ1n) is 19.9. The first-order chi connectivity index (χ1) is 30.9. The van der Waals surface area contributed by atoms with Crippen LogP contribution in [0.5, 0.6) is 0 Å². The number of hydrogen-bond donors (Lipinski definition) is 0. The molecule has 8 unspecified atom stereocenters. The monoisotopic (exact) mass is 1100 g/mol. The fourth-order valence-corrected chi connectivity index (χ4v) is 128. The molecule has 0 nitrogen and oxygen atoms in total. The Bertz CT molecular complexity index is 2970. The summed E-state index contributed by atoms with van der Waals surface area (Å²) in [5.74, 6) is 0. The summed E-state index contributed by atoms with van der Waals surface area (Å²) in [5, 5.41) is -3.99. The van der Waals surface area contributed by atoms with E-state index in [1.54, 1.807) is 0 Å². The minimum atomic E-state index is -6.78. The van der Waals surface area contributed by atoms with Gasteiger partial charge in [-0.05, 0) is 0 Å². The van der Waals surface area contributed by atoms with Gasteiger partial charge < -0.3 is 0 Å². The molecular formula is C42H20F24FeP2. The summed E-state index contributed by atoms with van der Waals surface area (Å²) in [5.41, 5.74) is -16.2. The molecule has 0 amide bonds. The van der Waals surface area contributed by atoms with Gasteiger partial charge >= 0.3 is 362 Å². The summed E-state index contributed by atoms with van der Waals surface area (Å²) in [6.45, 7) is -6.78. The Kier molecular flexibility index (Phi) is 5.20. The van der Waals surface area contributed by atoms with Crippen molar-refractivity contribution >= 4 is 37.1 Å². The third kappa shape index (κ3) is 2.11. The van der Waals surface area contributed by atoms with Gasteiger partial charge in [0.2, 0.25) is 0 Å². The van der Waals surface area contributed by atoms with Gasteiger partial charge in [-0.2, -0.15) is 0 Å². The van der Waals surface area contributed by atoms with Crippen LogP contribution in [0, 0.1) is 0 Å². The number of rotatable bonds is 6. The van der Waals surface area contributed by atoms with E-state index in [0.29, 0.717) is 0 Å². The zero-order valence-electron chi connectivity index (χ0n) is 32.9. The van der Waals surface area contributed by atoms with Gasteiger partial charge in [-0.1, -0.05) is 0 Å². The molecule has 0 bridgehead atoms. The molecule has 0 aliphatic carbocycles. The average Bonchev–Trinajstić information content (AvgIpc) is 4.14. The van der Waals surface area contributed by atoms with Crippen LogP contribution < -0.4 is 21.2 Å². The van der Waals surface area contributed by atoms with Crippen LogP contribution in [0.4, 0.5) is 105 Å². The van der Waals surface area contributed by atoms with Crippen LogP contribution in [-0.4, -0.2) is 8.11 Å². The van der Waals surface area contributed by atoms with Gasteiger partial charge in [0.15, 0.2) is 0 Å². The fraction of sp³-hybridized carbons (Fsp3) is 0.429. The van der Waals surface area contributed by atoms with Gasteiger partial charge in [-0.25, -0.2) is 0 Å². The quantitative estimate of drug-likeness (QED) is 0.103. The molecule has 69 heavy (non-hydrogen) atoms. The fourth-order valence-electron chi connectivity index (χ4n) is 22.9. The minimum absolute atomic E-state index is 0.154. The maximum absolute atomic E-state index is 14.6. The van der Waals surface area contributed by atoms with Crippen molar-refractivity contribution in [3.63, 3.8) is 0 Å². The molecule has 1 spiro atoms. The molecule has 0 saturated carbocycles. The van der Waals surface area contributed by atoms with E-state index in [1.165, 1.54) is 0 Å². The van der Waals surface area contributed by atoms with Crippen molar-refractivity contribution in [3.8, 4) is 0 Å². The molecular weight excluding hydrogens is 1080 g/mol. The predicted octanol–water partition coefficient (Wildman–Crippen LogP) is 15.6. The van der Waals surface area contributed by atoms with Crippen LogP contribution in [0.15, 0.2) is 72.8 Å². The number of halogens is 24. The van der Waals surface area contributed by atoms with Crippen molar-refractivity contribution < 1.29 is 112 Å². The molecule has 0 N–H and O–H groups in total. The molecule has 8 atom stereocenters. The van der Waals surface area contributed by atoms with Crippen molar-refractivity contribution in [2.45, 2.75) is 96.0 Å². The maximum atomic E-state index is 14.6. The second-order valence-electron chi connectivity index (χ2n) is 21.4. The van der Waals surface area contributed by atoms with E-state index in [0.717, 1.165) is 0 Å². The normalized spacial score (nSPS) is 41.6. The number of hydrogen-bond acceptors (Lipinski definition) is 0. The molecule has 10 aliphatic rings. The van der Waals surface area contributed by atoms with Crippen LogP contribution in [0.1, 0.15) is 44.5 Å². The Morgan fingerprint density at radius 3 is 0.522 bits per heavy atom. The van der Waals surface area contributed by atoms with E-state index in [-0.39, 0.29) is 72.8 Å². The van der Waals surface area contributed by atoms with E-state index < -0.39 is 184 Å². The van der Waals surface area contributed by atoms with Crippen LogP contribution in [0.2, 0.25) is 38.5 Å². The number of alkyl halides is 24. The summed E-state index contributed by atoms with van der Waals surface area (Å²) in [7, 11) is -6.65. The Balaban J connectivity index is 1.09. The van der Waals surface area contributed by atoms with Crippen LogP contribution >= 0.6 is 15.8 Å². The van der Waals surface area contributed by atoms with E-state index in [9.17, 15) is 105 Å². The standard InChI is InChI=1S/2C21H10F12P.Fe/c2*22-18(23,24)11-5-12(19(25,26)27)8-16(7-11)34(15-3-1-2-4-15)17-9-13(20(28,29)30)6-14(10-17)21(31,32)33;/h2*1-10H;. The molecule has 4 aromatic carbocycles. The van der Waals surface area contributed by atoms with Crippen molar-refractivity contribution in [2.75, 3.05) is 0 Å². The van der Waals surface area contributed by atoms with E-state index in [4.69, 9.17) is 0 Å². The topological polar surface area (TPSA) is 0 Å². The van der Waals surface area contributed by atoms with Gasteiger partial charge in [0, 0.05) is 0 Å².